The van der Waals surface area contributed by atoms with Crippen molar-refractivity contribution >= 4 is 40.3 Å². The van der Waals surface area contributed by atoms with Gasteiger partial charge >= 0.3 is 6.03 Å². The molecule has 6 nitrogen and oxygen atoms in total. The van der Waals surface area contributed by atoms with Gasteiger partial charge in [0, 0.05) is 29.2 Å². The van der Waals surface area contributed by atoms with Crippen LogP contribution in [0.4, 0.5) is 21.9 Å². The molecule has 0 bridgehead atoms. The number of hydrogen-bond donors (Lipinski definition) is 4. The van der Waals surface area contributed by atoms with Gasteiger partial charge in [0.1, 0.15) is 0 Å². The van der Waals surface area contributed by atoms with Gasteiger partial charge in [-0.05, 0) is 42.3 Å². The molecule has 4 rings (SSSR count). The highest BCUT2D eigenvalue weighted by Crippen LogP contribution is 2.37. The summed E-state index contributed by atoms with van der Waals surface area (Å²) in [5.74, 6) is -0.139. The first-order valence-corrected chi connectivity index (χ1v) is 10.8. The molecule has 3 amide bonds. The molecule has 0 fully saturated rings. The first-order chi connectivity index (χ1) is 15.7. The average molecular weight is 427 g/mol. The van der Waals surface area contributed by atoms with Gasteiger partial charge < -0.3 is 21.3 Å². The zero-order chi connectivity index (χ0) is 22.3. The predicted molar refractivity (Wildman–Crippen MR) is 130 cm³/mol. The highest BCUT2D eigenvalue weighted by molar-refractivity contribution is 6.37. The number of urea groups is 1. The summed E-state index contributed by atoms with van der Waals surface area (Å²) in [5, 5.41) is 12.0. The van der Waals surface area contributed by atoms with Crippen molar-refractivity contribution in [2.24, 2.45) is 0 Å². The van der Waals surface area contributed by atoms with Crippen molar-refractivity contribution in [3.8, 4) is 0 Å². The number of amides is 3. The second-order valence-corrected chi connectivity index (χ2v) is 7.55. The van der Waals surface area contributed by atoms with Crippen LogP contribution in [0.2, 0.25) is 0 Å². The number of benzene rings is 3. The highest BCUT2D eigenvalue weighted by Gasteiger charge is 2.28. The lowest BCUT2D eigenvalue weighted by molar-refractivity contribution is -0.110. The largest absolute Gasteiger partial charge is 0.354 e. The highest BCUT2D eigenvalue weighted by atomic mass is 16.2. The van der Waals surface area contributed by atoms with Crippen LogP contribution >= 0.6 is 0 Å². The maximum absolute atomic E-state index is 12.9. The van der Waals surface area contributed by atoms with E-state index in [0.717, 1.165) is 41.0 Å². The van der Waals surface area contributed by atoms with Gasteiger partial charge in [-0.25, -0.2) is 4.79 Å². The van der Waals surface area contributed by atoms with Crippen molar-refractivity contribution in [2.75, 3.05) is 22.5 Å². The monoisotopic (exact) mass is 426 g/mol. The van der Waals surface area contributed by atoms with Crippen LogP contribution in [0.3, 0.4) is 0 Å². The summed E-state index contributed by atoms with van der Waals surface area (Å²) < 4.78 is 0. The lowest BCUT2D eigenvalue weighted by Crippen LogP contribution is -2.29. The third-order valence-electron chi connectivity index (χ3n) is 5.21. The molecule has 32 heavy (non-hydrogen) atoms. The molecule has 0 aromatic heterocycles. The lowest BCUT2D eigenvalue weighted by Gasteiger charge is -2.15. The van der Waals surface area contributed by atoms with E-state index in [9.17, 15) is 9.59 Å². The summed E-state index contributed by atoms with van der Waals surface area (Å²) in [6.07, 6.45) is 1.98. The molecule has 0 spiro atoms. The Morgan fingerprint density at radius 1 is 0.844 bits per heavy atom. The Kier molecular flexibility index (Phi) is 6.51. The van der Waals surface area contributed by atoms with Crippen LogP contribution in [-0.2, 0) is 4.79 Å². The summed E-state index contributed by atoms with van der Waals surface area (Å²) in [5.41, 5.74) is 5.41. The average Bonchev–Trinajstić information content (AvgIpc) is 3.15. The zero-order valence-electron chi connectivity index (χ0n) is 17.9. The van der Waals surface area contributed by atoms with Crippen LogP contribution < -0.4 is 21.3 Å². The van der Waals surface area contributed by atoms with Crippen molar-refractivity contribution in [3.63, 3.8) is 0 Å². The van der Waals surface area contributed by atoms with Crippen LogP contribution in [0.25, 0.3) is 11.3 Å². The number of unbranched alkanes of at least 4 members (excludes halogenated alkanes) is 1. The van der Waals surface area contributed by atoms with E-state index in [4.69, 9.17) is 0 Å². The van der Waals surface area contributed by atoms with Crippen molar-refractivity contribution in [2.45, 2.75) is 19.8 Å². The van der Waals surface area contributed by atoms with E-state index in [0.29, 0.717) is 17.8 Å². The van der Waals surface area contributed by atoms with Crippen molar-refractivity contribution in [1.29, 1.82) is 0 Å². The molecule has 162 valence electrons. The van der Waals surface area contributed by atoms with Crippen LogP contribution in [0, 0.1) is 0 Å². The van der Waals surface area contributed by atoms with Crippen molar-refractivity contribution < 1.29 is 9.59 Å². The first kappa shape index (κ1) is 21.2. The minimum absolute atomic E-state index is 0.139. The number of para-hydroxylation sites is 1. The molecular weight excluding hydrogens is 400 g/mol. The number of nitrogens with one attached hydrogen (secondary N) is 4. The van der Waals surface area contributed by atoms with Crippen LogP contribution in [0.5, 0.6) is 0 Å². The summed E-state index contributed by atoms with van der Waals surface area (Å²) in [7, 11) is 0. The molecule has 1 aliphatic heterocycles. The molecule has 1 aliphatic rings. The normalized spacial score (nSPS) is 13.7. The summed E-state index contributed by atoms with van der Waals surface area (Å²) in [4.78, 5) is 24.8. The van der Waals surface area contributed by atoms with Gasteiger partial charge in [0.15, 0.2) is 0 Å². The van der Waals surface area contributed by atoms with Crippen LogP contribution in [0.1, 0.15) is 30.9 Å². The number of carbonyl (C=O) groups excluding carboxylic acids is 2. The Morgan fingerprint density at radius 3 is 2.22 bits per heavy atom. The second kappa shape index (κ2) is 9.83. The van der Waals surface area contributed by atoms with Crippen LogP contribution in [-0.4, -0.2) is 18.5 Å². The van der Waals surface area contributed by atoms with Gasteiger partial charge in [-0.2, -0.15) is 0 Å². The Bertz CT molecular complexity index is 1140. The molecule has 0 unspecified atom stereocenters. The van der Waals surface area contributed by atoms with E-state index in [1.165, 1.54) is 0 Å². The predicted octanol–water partition coefficient (Wildman–Crippen LogP) is 5.54. The standard InChI is InChI=1S/C26H26N4O2/c1-2-3-17-27-26(32)29-20-15-13-19(14-16-20)28-24(18-9-5-4-6-10-18)23-21-11-7-8-12-22(21)30-25(23)31/h4-16,28H,2-3,17H2,1H3,(H,30,31)(H2,27,29,32). The molecule has 0 radical (unpaired) electrons. The second-order valence-electron chi connectivity index (χ2n) is 7.55. The van der Waals surface area contributed by atoms with Gasteiger partial charge in [0.25, 0.3) is 5.91 Å². The molecule has 6 heteroatoms. The number of hydrogen-bond acceptors (Lipinski definition) is 3. The minimum Gasteiger partial charge on any atom is -0.354 e. The van der Waals surface area contributed by atoms with Gasteiger partial charge in [0.2, 0.25) is 0 Å². The molecule has 1 heterocycles. The summed E-state index contributed by atoms with van der Waals surface area (Å²) in [6, 6.07) is 24.7. The van der Waals surface area contributed by atoms with Crippen molar-refractivity contribution in [3.05, 3.63) is 90.0 Å². The smallest absolute Gasteiger partial charge is 0.319 e. The Hall–Kier alpha value is -4.06. The molecule has 3 aromatic carbocycles. The fraction of sp³-hybridized carbons (Fsp3) is 0.154. The topological polar surface area (TPSA) is 82.3 Å². The molecule has 0 aliphatic carbocycles. The molecule has 4 N–H and O–H groups in total. The quantitative estimate of drug-likeness (QED) is 0.296. The van der Waals surface area contributed by atoms with E-state index < -0.39 is 0 Å². The minimum atomic E-state index is -0.217. The Balaban J connectivity index is 1.60. The molecule has 3 aromatic rings. The van der Waals surface area contributed by atoms with E-state index in [2.05, 4.69) is 28.2 Å². The summed E-state index contributed by atoms with van der Waals surface area (Å²) in [6.45, 7) is 2.73. The Morgan fingerprint density at radius 2 is 1.50 bits per heavy atom. The number of rotatable bonds is 7. The molecule has 0 atom stereocenters. The van der Waals surface area contributed by atoms with Gasteiger partial charge in [0.05, 0.1) is 11.3 Å². The Labute approximate surface area is 187 Å². The van der Waals surface area contributed by atoms with Crippen molar-refractivity contribution in [1.82, 2.24) is 5.32 Å². The molecular formula is C26H26N4O2. The number of anilines is 3. The van der Waals surface area contributed by atoms with E-state index in [1.807, 2.05) is 78.9 Å². The lowest BCUT2D eigenvalue weighted by atomic mass is 10.00. The molecule has 0 saturated heterocycles. The third kappa shape index (κ3) is 4.81. The van der Waals surface area contributed by atoms with Gasteiger partial charge in [-0.1, -0.05) is 61.9 Å². The first-order valence-electron chi connectivity index (χ1n) is 10.8. The fourth-order valence-corrected chi connectivity index (χ4v) is 3.58. The van der Waals surface area contributed by atoms with E-state index >= 15 is 0 Å². The third-order valence-corrected chi connectivity index (χ3v) is 5.21. The number of carbonyl (C=O) groups is 2. The molecule has 0 saturated carbocycles. The van der Waals surface area contributed by atoms with E-state index in [1.54, 1.807) is 0 Å². The zero-order valence-corrected chi connectivity index (χ0v) is 17.9. The fourth-order valence-electron chi connectivity index (χ4n) is 3.58. The van der Waals surface area contributed by atoms with Crippen LogP contribution in [0.15, 0.2) is 78.9 Å². The van der Waals surface area contributed by atoms with E-state index in [-0.39, 0.29) is 11.9 Å². The number of fused-ring (bicyclic) bond motifs is 1. The van der Waals surface area contributed by atoms with Gasteiger partial charge in [-0.15, -0.1) is 0 Å². The summed E-state index contributed by atoms with van der Waals surface area (Å²) >= 11 is 0. The maximum atomic E-state index is 12.9. The van der Waals surface area contributed by atoms with Gasteiger partial charge in [-0.3, -0.25) is 4.79 Å². The maximum Gasteiger partial charge on any atom is 0.319 e. The SMILES string of the molecule is CCCCNC(=O)Nc1ccc(NC(=C2C(=O)Nc3ccccc32)c2ccccc2)cc1.